The number of aromatic hydroxyl groups is 1. The van der Waals surface area contributed by atoms with Crippen molar-refractivity contribution >= 4 is 23.2 Å². The predicted octanol–water partition coefficient (Wildman–Crippen LogP) is 1.93. The summed E-state index contributed by atoms with van der Waals surface area (Å²) in [5, 5.41) is 11.4. The van der Waals surface area contributed by atoms with E-state index >= 15 is 0 Å². The molecular formula is C12H15ClN2O. The minimum Gasteiger partial charge on any atom is -0.508 e. The van der Waals surface area contributed by atoms with Gasteiger partial charge in [-0.2, -0.15) is 0 Å². The number of phenolic OH excluding ortho intramolecular Hbond substituents is 1. The topological polar surface area (TPSA) is 72.3 Å². The molecular weight excluding hydrogens is 224 g/mol. The fraction of sp³-hybridized carbons (Fsp3) is 0.167. The molecule has 0 heterocycles. The van der Waals surface area contributed by atoms with Crippen LogP contribution in [0, 0.1) is 0 Å². The molecule has 3 nitrogen and oxygen atoms in total. The van der Waals surface area contributed by atoms with Gasteiger partial charge in [-0.3, -0.25) is 0 Å². The lowest BCUT2D eigenvalue weighted by molar-refractivity contribution is 0.476. The molecule has 0 aliphatic carbocycles. The van der Waals surface area contributed by atoms with E-state index in [1.54, 1.807) is 12.1 Å². The van der Waals surface area contributed by atoms with E-state index in [-0.39, 0.29) is 24.2 Å². The standard InChI is InChI=1S/C12H14N2O.ClH/c13-7-12(14)10-2-1-9-6-11(15)4-3-8(9)5-10;/h1-6,12,15H,7,13-14H2;1H/t12-;/m1./s1. The van der Waals surface area contributed by atoms with Crippen LogP contribution in [0.4, 0.5) is 0 Å². The van der Waals surface area contributed by atoms with Gasteiger partial charge < -0.3 is 16.6 Å². The monoisotopic (exact) mass is 238 g/mol. The van der Waals surface area contributed by atoms with Crippen LogP contribution in [0.2, 0.25) is 0 Å². The molecule has 0 spiro atoms. The largest absolute Gasteiger partial charge is 0.508 e. The predicted molar refractivity (Wildman–Crippen MR) is 68.8 cm³/mol. The Morgan fingerprint density at radius 3 is 2.38 bits per heavy atom. The Kier molecular flexibility index (Phi) is 4.12. The van der Waals surface area contributed by atoms with Gasteiger partial charge in [0.05, 0.1) is 0 Å². The molecule has 0 aromatic heterocycles. The normalized spacial score (nSPS) is 12.1. The van der Waals surface area contributed by atoms with E-state index in [9.17, 15) is 5.11 Å². The molecule has 16 heavy (non-hydrogen) atoms. The van der Waals surface area contributed by atoms with Crippen molar-refractivity contribution in [2.75, 3.05) is 6.54 Å². The molecule has 0 aliphatic rings. The summed E-state index contributed by atoms with van der Waals surface area (Å²) in [6, 6.07) is 11.0. The highest BCUT2D eigenvalue weighted by atomic mass is 35.5. The Hall–Kier alpha value is -1.29. The third-order valence-corrected chi connectivity index (χ3v) is 2.53. The molecule has 4 heteroatoms. The van der Waals surface area contributed by atoms with E-state index < -0.39 is 0 Å². The maximum absolute atomic E-state index is 9.31. The molecule has 2 aromatic carbocycles. The van der Waals surface area contributed by atoms with Gasteiger partial charge in [0.2, 0.25) is 0 Å². The van der Waals surface area contributed by atoms with Crippen molar-refractivity contribution in [2.45, 2.75) is 6.04 Å². The summed E-state index contributed by atoms with van der Waals surface area (Å²) in [5.74, 6) is 0.276. The second kappa shape index (κ2) is 5.16. The first-order valence-electron chi connectivity index (χ1n) is 4.89. The van der Waals surface area contributed by atoms with Gasteiger partial charge in [0.1, 0.15) is 5.75 Å². The molecule has 5 N–H and O–H groups in total. The molecule has 0 unspecified atom stereocenters. The minimum atomic E-state index is -0.122. The van der Waals surface area contributed by atoms with Crippen LogP contribution in [-0.4, -0.2) is 11.7 Å². The fourth-order valence-electron chi connectivity index (χ4n) is 1.62. The van der Waals surface area contributed by atoms with Crippen LogP contribution in [-0.2, 0) is 0 Å². The lowest BCUT2D eigenvalue weighted by Gasteiger charge is -2.10. The van der Waals surface area contributed by atoms with Crippen molar-refractivity contribution in [1.29, 1.82) is 0 Å². The maximum Gasteiger partial charge on any atom is 0.116 e. The maximum atomic E-state index is 9.31. The van der Waals surface area contributed by atoms with Gasteiger partial charge in [0.15, 0.2) is 0 Å². The van der Waals surface area contributed by atoms with Gasteiger partial charge in [0, 0.05) is 12.6 Å². The third kappa shape index (κ3) is 2.44. The summed E-state index contributed by atoms with van der Waals surface area (Å²) in [6.45, 7) is 0.434. The third-order valence-electron chi connectivity index (χ3n) is 2.53. The average Bonchev–Trinajstić information content (AvgIpc) is 2.27. The number of hydrogen-bond acceptors (Lipinski definition) is 3. The molecule has 0 radical (unpaired) electrons. The van der Waals surface area contributed by atoms with Gasteiger partial charge in [-0.05, 0) is 34.5 Å². The van der Waals surface area contributed by atoms with E-state index in [1.165, 1.54) is 0 Å². The van der Waals surface area contributed by atoms with Crippen molar-refractivity contribution in [3.05, 3.63) is 42.0 Å². The van der Waals surface area contributed by atoms with Gasteiger partial charge in [-0.15, -0.1) is 12.4 Å². The summed E-state index contributed by atoms with van der Waals surface area (Å²) < 4.78 is 0. The van der Waals surface area contributed by atoms with Gasteiger partial charge >= 0.3 is 0 Å². The highest BCUT2D eigenvalue weighted by Gasteiger charge is 2.04. The van der Waals surface area contributed by atoms with Gasteiger partial charge in [-0.1, -0.05) is 18.2 Å². The van der Waals surface area contributed by atoms with Crippen LogP contribution in [0.25, 0.3) is 10.8 Å². The van der Waals surface area contributed by atoms with E-state index in [4.69, 9.17) is 11.5 Å². The molecule has 0 fully saturated rings. The van der Waals surface area contributed by atoms with E-state index in [1.807, 2.05) is 24.3 Å². The second-order valence-electron chi connectivity index (χ2n) is 3.63. The Labute approximate surface area is 100 Å². The second-order valence-corrected chi connectivity index (χ2v) is 3.63. The molecule has 2 rings (SSSR count). The average molecular weight is 239 g/mol. The highest BCUT2D eigenvalue weighted by molar-refractivity contribution is 5.85. The number of phenols is 1. The quantitative estimate of drug-likeness (QED) is 0.749. The van der Waals surface area contributed by atoms with Crippen molar-refractivity contribution in [2.24, 2.45) is 11.5 Å². The molecule has 0 saturated heterocycles. The summed E-state index contributed by atoms with van der Waals surface area (Å²) in [6.07, 6.45) is 0. The molecule has 86 valence electrons. The first-order valence-corrected chi connectivity index (χ1v) is 4.89. The summed E-state index contributed by atoms with van der Waals surface area (Å²) >= 11 is 0. The van der Waals surface area contributed by atoms with E-state index in [0.29, 0.717) is 6.54 Å². The van der Waals surface area contributed by atoms with Crippen LogP contribution in [0.3, 0.4) is 0 Å². The first-order chi connectivity index (χ1) is 7.20. The van der Waals surface area contributed by atoms with Crippen LogP contribution in [0.5, 0.6) is 5.75 Å². The number of hydrogen-bond donors (Lipinski definition) is 3. The first kappa shape index (κ1) is 12.8. The number of rotatable bonds is 2. The van der Waals surface area contributed by atoms with Crippen molar-refractivity contribution in [3.8, 4) is 5.75 Å². The van der Waals surface area contributed by atoms with Gasteiger partial charge in [0.25, 0.3) is 0 Å². The molecule has 0 amide bonds. The number of fused-ring (bicyclic) bond motifs is 1. The molecule has 0 aliphatic heterocycles. The summed E-state index contributed by atoms with van der Waals surface area (Å²) in [7, 11) is 0. The van der Waals surface area contributed by atoms with Crippen LogP contribution >= 0.6 is 12.4 Å². The van der Waals surface area contributed by atoms with E-state index in [0.717, 1.165) is 16.3 Å². The van der Waals surface area contributed by atoms with Gasteiger partial charge in [-0.25, -0.2) is 0 Å². The Balaban J connectivity index is 0.00000128. The fourth-order valence-corrected chi connectivity index (χ4v) is 1.62. The van der Waals surface area contributed by atoms with Crippen LogP contribution < -0.4 is 11.5 Å². The van der Waals surface area contributed by atoms with Crippen molar-refractivity contribution < 1.29 is 5.11 Å². The summed E-state index contributed by atoms with van der Waals surface area (Å²) in [5.41, 5.74) is 12.4. The smallest absolute Gasteiger partial charge is 0.116 e. The lowest BCUT2D eigenvalue weighted by Crippen LogP contribution is -2.20. The van der Waals surface area contributed by atoms with Crippen LogP contribution in [0.1, 0.15) is 11.6 Å². The van der Waals surface area contributed by atoms with E-state index in [2.05, 4.69) is 0 Å². The van der Waals surface area contributed by atoms with Crippen LogP contribution in [0.15, 0.2) is 36.4 Å². The number of benzene rings is 2. The zero-order valence-electron chi connectivity index (χ0n) is 8.76. The minimum absolute atomic E-state index is 0. The molecule has 2 aromatic rings. The number of halogens is 1. The van der Waals surface area contributed by atoms with Crippen molar-refractivity contribution in [1.82, 2.24) is 0 Å². The Morgan fingerprint density at radius 1 is 1.06 bits per heavy atom. The number of nitrogens with two attached hydrogens (primary N) is 2. The Bertz CT molecular complexity index is 487. The zero-order chi connectivity index (χ0) is 10.8. The molecule has 1 atom stereocenters. The van der Waals surface area contributed by atoms with Crippen molar-refractivity contribution in [3.63, 3.8) is 0 Å². The zero-order valence-corrected chi connectivity index (χ0v) is 9.58. The summed E-state index contributed by atoms with van der Waals surface area (Å²) in [4.78, 5) is 0. The lowest BCUT2D eigenvalue weighted by atomic mass is 10.0. The molecule has 0 saturated carbocycles. The highest BCUT2D eigenvalue weighted by Crippen LogP contribution is 2.22. The molecule has 0 bridgehead atoms. The SMILES string of the molecule is Cl.NC[C@@H](N)c1ccc2cc(O)ccc2c1. The Morgan fingerprint density at radius 2 is 1.69 bits per heavy atom.